The molecule has 2 N–H and O–H groups in total. The molecule has 0 fully saturated rings. The second kappa shape index (κ2) is 7.57. The number of nitrogen functional groups attached to an aromatic ring is 1. The lowest BCUT2D eigenvalue weighted by atomic mass is 10.0. The van der Waals surface area contributed by atoms with Crippen molar-refractivity contribution in [3.8, 4) is 5.75 Å². The van der Waals surface area contributed by atoms with Crippen LogP contribution in [0.3, 0.4) is 0 Å². The molecular formula is C19H20ClNO4. The number of Topliss-reactive ketones (excluding diaryl/α,β-unsaturated/α-hetero) is 1. The number of benzene rings is 2. The van der Waals surface area contributed by atoms with Gasteiger partial charge in [0, 0.05) is 11.6 Å². The molecule has 25 heavy (non-hydrogen) atoms. The smallest absolute Gasteiger partial charge is 0.342 e. The van der Waals surface area contributed by atoms with E-state index in [1.54, 1.807) is 12.1 Å². The molecule has 0 amide bonds. The van der Waals surface area contributed by atoms with E-state index in [2.05, 4.69) is 0 Å². The zero-order valence-corrected chi connectivity index (χ0v) is 15.3. The van der Waals surface area contributed by atoms with Gasteiger partial charge < -0.3 is 15.2 Å². The number of esters is 1. The van der Waals surface area contributed by atoms with Gasteiger partial charge in [0.1, 0.15) is 11.3 Å². The van der Waals surface area contributed by atoms with Gasteiger partial charge in [-0.15, -0.1) is 0 Å². The van der Waals surface area contributed by atoms with Crippen LogP contribution in [0.4, 0.5) is 5.69 Å². The summed E-state index contributed by atoms with van der Waals surface area (Å²) >= 11 is 5.96. The van der Waals surface area contributed by atoms with Crippen molar-refractivity contribution in [2.75, 3.05) is 12.8 Å². The molecular weight excluding hydrogens is 342 g/mol. The molecule has 0 radical (unpaired) electrons. The molecule has 0 aliphatic heterocycles. The monoisotopic (exact) mass is 361 g/mol. The molecule has 1 unspecified atom stereocenters. The third kappa shape index (κ3) is 4.12. The quantitative estimate of drug-likeness (QED) is 0.495. The maximum Gasteiger partial charge on any atom is 0.342 e. The predicted molar refractivity (Wildman–Crippen MR) is 97.5 cm³/mol. The van der Waals surface area contributed by atoms with Crippen molar-refractivity contribution in [1.29, 1.82) is 0 Å². The first-order valence-electron chi connectivity index (χ1n) is 7.70. The molecule has 6 heteroatoms. The number of anilines is 1. The highest BCUT2D eigenvalue weighted by molar-refractivity contribution is 6.33. The van der Waals surface area contributed by atoms with E-state index in [-0.39, 0.29) is 27.8 Å². The van der Waals surface area contributed by atoms with Crippen molar-refractivity contribution < 1.29 is 19.1 Å². The molecule has 0 aromatic heterocycles. The summed E-state index contributed by atoms with van der Waals surface area (Å²) in [5.41, 5.74) is 8.67. The topological polar surface area (TPSA) is 78.6 Å². The average Bonchev–Trinajstić information content (AvgIpc) is 2.58. The number of hydrogen-bond acceptors (Lipinski definition) is 5. The van der Waals surface area contributed by atoms with E-state index in [4.69, 9.17) is 26.8 Å². The van der Waals surface area contributed by atoms with Crippen LogP contribution in [-0.4, -0.2) is 25.0 Å². The van der Waals surface area contributed by atoms with Gasteiger partial charge in [-0.05, 0) is 44.0 Å². The summed E-state index contributed by atoms with van der Waals surface area (Å²) in [5, 5.41) is 0.209. The van der Waals surface area contributed by atoms with Gasteiger partial charge in [-0.3, -0.25) is 4.79 Å². The Bertz CT molecular complexity index is 832. The molecule has 0 heterocycles. The fourth-order valence-corrected chi connectivity index (χ4v) is 2.47. The van der Waals surface area contributed by atoms with Crippen LogP contribution >= 0.6 is 11.6 Å². The molecule has 2 aromatic rings. The first kappa shape index (κ1) is 18.8. The normalized spacial score (nSPS) is 11.7. The summed E-state index contributed by atoms with van der Waals surface area (Å²) in [6, 6.07) is 8.16. The summed E-state index contributed by atoms with van der Waals surface area (Å²) < 4.78 is 10.4. The Morgan fingerprint density at radius 2 is 1.80 bits per heavy atom. The summed E-state index contributed by atoms with van der Waals surface area (Å²) in [6.07, 6.45) is -0.948. The predicted octanol–water partition coefficient (Wildman–Crippen LogP) is 3.98. The molecule has 0 bridgehead atoms. The first-order chi connectivity index (χ1) is 11.7. The van der Waals surface area contributed by atoms with Gasteiger partial charge in [0.2, 0.25) is 5.78 Å². The van der Waals surface area contributed by atoms with Gasteiger partial charge >= 0.3 is 5.97 Å². The van der Waals surface area contributed by atoms with Gasteiger partial charge in [0.15, 0.2) is 6.10 Å². The Balaban J connectivity index is 2.21. The van der Waals surface area contributed by atoms with Gasteiger partial charge in [-0.1, -0.05) is 23.7 Å². The van der Waals surface area contributed by atoms with Crippen LogP contribution in [0.5, 0.6) is 5.75 Å². The summed E-state index contributed by atoms with van der Waals surface area (Å²) in [7, 11) is 1.41. The van der Waals surface area contributed by atoms with Crippen molar-refractivity contribution in [2.24, 2.45) is 0 Å². The number of ether oxygens (including phenoxy) is 2. The van der Waals surface area contributed by atoms with Gasteiger partial charge in [0.05, 0.1) is 17.8 Å². The van der Waals surface area contributed by atoms with E-state index in [1.165, 1.54) is 26.2 Å². The molecule has 0 saturated heterocycles. The highest BCUT2D eigenvalue weighted by atomic mass is 35.5. The van der Waals surface area contributed by atoms with Crippen LogP contribution in [0, 0.1) is 13.8 Å². The summed E-state index contributed by atoms with van der Waals surface area (Å²) in [6.45, 7) is 5.41. The van der Waals surface area contributed by atoms with E-state index in [1.807, 2.05) is 19.9 Å². The zero-order valence-electron chi connectivity index (χ0n) is 14.6. The minimum atomic E-state index is -0.948. The molecule has 2 aromatic carbocycles. The van der Waals surface area contributed by atoms with Crippen molar-refractivity contribution in [2.45, 2.75) is 26.9 Å². The minimum Gasteiger partial charge on any atom is -0.496 e. The molecule has 1 atom stereocenters. The van der Waals surface area contributed by atoms with E-state index in [0.717, 1.165) is 11.1 Å². The molecule has 0 saturated carbocycles. The molecule has 0 spiro atoms. The lowest BCUT2D eigenvalue weighted by molar-refractivity contribution is 0.0316. The standard InChI is InChI=1S/C19H20ClNO4/c1-10-5-6-13(7-11(10)2)18(22)12(3)25-19(23)14-8-15(20)16(21)9-17(14)24-4/h5-9,12H,21H2,1-4H3. The molecule has 132 valence electrons. The number of hydrogen-bond donors (Lipinski definition) is 1. The van der Waals surface area contributed by atoms with Crippen LogP contribution in [0.2, 0.25) is 5.02 Å². The second-order valence-corrected chi connectivity index (χ2v) is 6.19. The lowest BCUT2D eigenvalue weighted by Crippen LogP contribution is -2.25. The second-order valence-electron chi connectivity index (χ2n) is 5.78. The Kier molecular flexibility index (Phi) is 5.69. The van der Waals surface area contributed by atoms with Gasteiger partial charge in [-0.2, -0.15) is 0 Å². The zero-order chi connectivity index (χ0) is 18.7. The summed E-state index contributed by atoms with van der Waals surface area (Å²) in [4.78, 5) is 24.9. The first-order valence-corrected chi connectivity index (χ1v) is 8.07. The van der Waals surface area contributed by atoms with Crippen LogP contribution < -0.4 is 10.5 Å². The van der Waals surface area contributed by atoms with E-state index in [9.17, 15) is 9.59 Å². The van der Waals surface area contributed by atoms with Crippen molar-refractivity contribution >= 4 is 29.0 Å². The Morgan fingerprint density at radius 3 is 2.40 bits per heavy atom. The maximum absolute atomic E-state index is 12.5. The number of aryl methyl sites for hydroxylation is 2. The van der Waals surface area contributed by atoms with Crippen LogP contribution in [0.15, 0.2) is 30.3 Å². The maximum atomic E-state index is 12.5. The number of nitrogens with two attached hydrogens (primary N) is 1. The minimum absolute atomic E-state index is 0.112. The van der Waals surface area contributed by atoms with Crippen molar-refractivity contribution in [1.82, 2.24) is 0 Å². The number of methoxy groups -OCH3 is 1. The van der Waals surface area contributed by atoms with Crippen molar-refractivity contribution in [3.05, 3.63) is 57.6 Å². The third-order valence-electron chi connectivity index (χ3n) is 3.98. The van der Waals surface area contributed by atoms with Crippen LogP contribution in [0.1, 0.15) is 38.8 Å². The lowest BCUT2D eigenvalue weighted by Gasteiger charge is -2.15. The Hall–Kier alpha value is -2.53. The van der Waals surface area contributed by atoms with E-state index < -0.39 is 12.1 Å². The molecule has 0 aliphatic rings. The number of carbonyl (C=O) groups is 2. The van der Waals surface area contributed by atoms with Crippen LogP contribution in [-0.2, 0) is 4.74 Å². The van der Waals surface area contributed by atoms with Gasteiger partial charge in [0.25, 0.3) is 0 Å². The number of halogens is 1. The third-order valence-corrected chi connectivity index (χ3v) is 4.31. The van der Waals surface area contributed by atoms with E-state index in [0.29, 0.717) is 5.56 Å². The molecule has 5 nitrogen and oxygen atoms in total. The number of ketones is 1. The highest BCUT2D eigenvalue weighted by Gasteiger charge is 2.23. The fraction of sp³-hybridized carbons (Fsp3) is 0.263. The fourth-order valence-electron chi connectivity index (χ4n) is 2.30. The van der Waals surface area contributed by atoms with Crippen molar-refractivity contribution in [3.63, 3.8) is 0 Å². The van der Waals surface area contributed by atoms with Gasteiger partial charge in [-0.25, -0.2) is 4.79 Å². The number of carbonyl (C=O) groups excluding carboxylic acids is 2. The Morgan fingerprint density at radius 1 is 1.12 bits per heavy atom. The molecule has 0 aliphatic carbocycles. The molecule has 2 rings (SSSR count). The largest absolute Gasteiger partial charge is 0.496 e. The number of rotatable bonds is 5. The highest BCUT2D eigenvalue weighted by Crippen LogP contribution is 2.29. The average molecular weight is 362 g/mol. The van der Waals surface area contributed by atoms with E-state index >= 15 is 0 Å². The van der Waals surface area contributed by atoms with Crippen LogP contribution in [0.25, 0.3) is 0 Å². The summed E-state index contributed by atoms with van der Waals surface area (Å²) in [5.74, 6) is -0.752. The SMILES string of the molecule is COc1cc(N)c(Cl)cc1C(=O)OC(C)C(=O)c1ccc(C)c(C)c1. The Labute approximate surface area is 151 Å².